The lowest BCUT2D eigenvalue weighted by Gasteiger charge is -2.12. The number of aromatic nitrogens is 4. The summed E-state index contributed by atoms with van der Waals surface area (Å²) in [6.07, 6.45) is 0. The Hall–Kier alpha value is -1.85. The van der Waals surface area contributed by atoms with Crippen molar-refractivity contribution in [1.29, 1.82) is 0 Å². The number of aryl methyl sites for hydroxylation is 2. The summed E-state index contributed by atoms with van der Waals surface area (Å²) < 4.78 is 4.63. The topological polar surface area (TPSA) is 61.8 Å². The molecule has 104 valence electrons. The molecule has 0 aliphatic rings. The molecule has 0 fully saturated rings. The van der Waals surface area contributed by atoms with Gasteiger partial charge in [-0.15, -0.1) is 0 Å². The predicted molar refractivity (Wildman–Crippen MR) is 74.5 cm³/mol. The minimum absolute atomic E-state index is 0.259. The largest absolute Gasteiger partial charge is 0.332 e. The van der Waals surface area contributed by atoms with Crippen molar-refractivity contribution < 1.29 is 0 Å². The van der Waals surface area contributed by atoms with Crippen LogP contribution in [0.1, 0.15) is 26.6 Å². The molecule has 0 aliphatic heterocycles. The smallest absolute Gasteiger partial charge is 0.325 e. The molecule has 0 aliphatic carbocycles. The van der Waals surface area contributed by atoms with Gasteiger partial charge in [0.1, 0.15) is 5.82 Å². The van der Waals surface area contributed by atoms with Gasteiger partial charge in [0.25, 0.3) is 5.56 Å². The molecule has 0 spiro atoms. The molecule has 0 saturated heterocycles. The van der Waals surface area contributed by atoms with E-state index in [1.807, 2.05) is 20.8 Å². The van der Waals surface area contributed by atoms with Gasteiger partial charge >= 0.3 is 5.69 Å². The van der Waals surface area contributed by atoms with Crippen molar-refractivity contribution in [2.75, 3.05) is 0 Å². The van der Waals surface area contributed by atoms with Crippen LogP contribution in [0.15, 0.2) is 9.59 Å². The lowest BCUT2D eigenvalue weighted by Crippen LogP contribution is -2.40. The molecule has 2 heterocycles. The zero-order chi connectivity index (χ0) is 14.3. The quantitative estimate of drug-likeness (QED) is 0.826. The van der Waals surface area contributed by atoms with Gasteiger partial charge in [0.2, 0.25) is 0 Å². The van der Waals surface area contributed by atoms with Gasteiger partial charge in [-0.3, -0.25) is 13.9 Å². The van der Waals surface area contributed by atoms with Crippen LogP contribution in [0.3, 0.4) is 0 Å². The maximum atomic E-state index is 12.4. The molecule has 0 saturated carbocycles. The second kappa shape index (κ2) is 4.68. The van der Waals surface area contributed by atoms with Crippen LogP contribution in [0, 0.1) is 12.8 Å². The van der Waals surface area contributed by atoms with E-state index in [2.05, 4.69) is 4.98 Å². The standard InChI is InChI=1S/C13H20N4O2/c1-6-16-12(18)10-11(14-9(4)15(10)5)17(13(16)19)7-8(2)3/h8H,6-7H2,1-5H3. The van der Waals surface area contributed by atoms with Gasteiger partial charge in [0.05, 0.1) is 0 Å². The Morgan fingerprint density at radius 2 is 1.84 bits per heavy atom. The monoisotopic (exact) mass is 264 g/mol. The van der Waals surface area contributed by atoms with E-state index in [0.29, 0.717) is 30.2 Å². The molecule has 0 N–H and O–H groups in total. The van der Waals surface area contributed by atoms with Crippen LogP contribution in [0.5, 0.6) is 0 Å². The van der Waals surface area contributed by atoms with E-state index in [1.165, 1.54) is 4.57 Å². The third kappa shape index (κ3) is 2.01. The van der Waals surface area contributed by atoms with Crippen LogP contribution in [-0.2, 0) is 20.1 Å². The lowest BCUT2D eigenvalue weighted by molar-refractivity contribution is 0.491. The number of hydrogen-bond donors (Lipinski definition) is 0. The minimum atomic E-state index is -0.271. The van der Waals surface area contributed by atoms with E-state index in [4.69, 9.17) is 0 Å². The Kier molecular flexibility index (Phi) is 3.34. The van der Waals surface area contributed by atoms with E-state index in [-0.39, 0.29) is 11.2 Å². The van der Waals surface area contributed by atoms with E-state index in [0.717, 1.165) is 5.82 Å². The van der Waals surface area contributed by atoms with Crippen LogP contribution in [0.2, 0.25) is 0 Å². The van der Waals surface area contributed by atoms with Crippen LogP contribution in [-0.4, -0.2) is 18.7 Å². The van der Waals surface area contributed by atoms with E-state index in [1.54, 1.807) is 23.1 Å². The highest BCUT2D eigenvalue weighted by Gasteiger charge is 2.18. The second-order valence-electron chi connectivity index (χ2n) is 5.23. The number of nitrogens with zero attached hydrogens (tertiary/aromatic N) is 4. The minimum Gasteiger partial charge on any atom is -0.325 e. The Bertz CT molecular complexity index is 734. The fraction of sp³-hybridized carbons (Fsp3) is 0.615. The fourth-order valence-corrected chi connectivity index (χ4v) is 2.28. The summed E-state index contributed by atoms with van der Waals surface area (Å²) >= 11 is 0. The molecule has 2 aromatic rings. The molecular weight excluding hydrogens is 244 g/mol. The van der Waals surface area contributed by atoms with Gasteiger partial charge in [-0.05, 0) is 19.8 Å². The number of imidazole rings is 1. The van der Waals surface area contributed by atoms with Crippen molar-refractivity contribution in [3.63, 3.8) is 0 Å². The number of fused-ring (bicyclic) bond motifs is 1. The maximum absolute atomic E-state index is 12.4. The summed E-state index contributed by atoms with van der Waals surface area (Å²) in [5, 5.41) is 0. The first-order valence-corrected chi connectivity index (χ1v) is 6.55. The molecule has 0 aromatic carbocycles. The Morgan fingerprint density at radius 1 is 1.21 bits per heavy atom. The van der Waals surface area contributed by atoms with Crippen molar-refractivity contribution in [3.05, 3.63) is 26.7 Å². The third-order valence-electron chi connectivity index (χ3n) is 3.33. The average Bonchev–Trinajstić information content (AvgIpc) is 2.62. The van der Waals surface area contributed by atoms with Crippen molar-refractivity contribution in [3.8, 4) is 0 Å². The summed E-state index contributed by atoms with van der Waals surface area (Å²) in [6, 6.07) is 0. The zero-order valence-electron chi connectivity index (χ0n) is 12.1. The van der Waals surface area contributed by atoms with Crippen LogP contribution in [0.25, 0.3) is 11.2 Å². The summed E-state index contributed by atoms with van der Waals surface area (Å²) in [5.74, 6) is 1.05. The normalized spacial score (nSPS) is 11.7. The van der Waals surface area contributed by atoms with E-state index in [9.17, 15) is 9.59 Å². The zero-order valence-corrected chi connectivity index (χ0v) is 12.1. The van der Waals surface area contributed by atoms with Crippen molar-refractivity contribution in [1.82, 2.24) is 18.7 Å². The first-order chi connectivity index (χ1) is 8.88. The molecule has 6 heteroatoms. The highest BCUT2D eigenvalue weighted by Crippen LogP contribution is 2.10. The number of hydrogen-bond acceptors (Lipinski definition) is 3. The molecule has 0 radical (unpaired) electrons. The van der Waals surface area contributed by atoms with E-state index < -0.39 is 0 Å². The highest BCUT2D eigenvalue weighted by molar-refractivity contribution is 5.70. The molecule has 19 heavy (non-hydrogen) atoms. The van der Waals surface area contributed by atoms with Gasteiger partial charge < -0.3 is 4.57 Å². The van der Waals surface area contributed by atoms with Crippen molar-refractivity contribution in [2.45, 2.75) is 40.8 Å². The van der Waals surface area contributed by atoms with Crippen molar-refractivity contribution >= 4 is 11.2 Å². The molecule has 2 rings (SSSR count). The summed E-state index contributed by atoms with van der Waals surface area (Å²) in [6.45, 7) is 8.64. The molecule has 6 nitrogen and oxygen atoms in total. The Labute approximate surface area is 111 Å². The average molecular weight is 264 g/mol. The Balaban J connectivity index is 2.97. The first-order valence-electron chi connectivity index (χ1n) is 6.55. The summed E-state index contributed by atoms with van der Waals surface area (Å²) in [7, 11) is 1.80. The van der Waals surface area contributed by atoms with Crippen LogP contribution < -0.4 is 11.2 Å². The molecule has 0 atom stereocenters. The number of rotatable bonds is 3. The second-order valence-corrected chi connectivity index (χ2v) is 5.23. The van der Waals surface area contributed by atoms with Gasteiger partial charge in [0.15, 0.2) is 11.2 Å². The summed E-state index contributed by atoms with van der Waals surface area (Å²) in [4.78, 5) is 29.1. The molecular formula is C13H20N4O2. The van der Waals surface area contributed by atoms with Gasteiger partial charge in [-0.25, -0.2) is 9.78 Å². The van der Waals surface area contributed by atoms with Crippen LogP contribution >= 0.6 is 0 Å². The fourth-order valence-electron chi connectivity index (χ4n) is 2.28. The summed E-state index contributed by atoms with van der Waals surface area (Å²) in [5.41, 5.74) is 0.463. The molecule has 0 amide bonds. The van der Waals surface area contributed by atoms with Gasteiger partial charge in [-0.1, -0.05) is 13.8 Å². The van der Waals surface area contributed by atoms with Gasteiger partial charge in [0, 0.05) is 20.1 Å². The van der Waals surface area contributed by atoms with Gasteiger partial charge in [-0.2, -0.15) is 0 Å². The van der Waals surface area contributed by atoms with Crippen LogP contribution in [0.4, 0.5) is 0 Å². The Morgan fingerprint density at radius 3 is 2.37 bits per heavy atom. The molecule has 0 unspecified atom stereocenters. The van der Waals surface area contributed by atoms with E-state index >= 15 is 0 Å². The predicted octanol–water partition coefficient (Wildman–Crippen LogP) is 0.881. The lowest BCUT2D eigenvalue weighted by atomic mass is 10.2. The highest BCUT2D eigenvalue weighted by atomic mass is 16.2. The maximum Gasteiger partial charge on any atom is 0.332 e. The first kappa shape index (κ1) is 13.6. The van der Waals surface area contributed by atoms with Crippen molar-refractivity contribution in [2.24, 2.45) is 13.0 Å². The third-order valence-corrected chi connectivity index (χ3v) is 3.33. The SMILES string of the molecule is CCn1c(=O)c2c(nc(C)n2C)n(CC(C)C)c1=O. The molecule has 2 aromatic heterocycles. The molecule has 0 bridgehead atoms.